The second kappa shape index (κ2) is 11.1. The standard InChI is InChI=1S/C29H35NO4S/c1-18(2)27(24-13-14-25(35-24)28(33)30-16-15-26(31)32)34-22-11-12-23(19(3)17-22)20-7-9-21(10-8-20)29(4,5)6/h7-14,17-18,27H,15-16H2,1-6H3,(H,30,33)(H,31,32). The number of amides is 1. The molecule has 1 amide bonds. The maximum absolute atomic E-state index is 12.3. The van der Waals surface area contributed by atoms with Crippen LogP contribution in [0, 0.1) is 12.8 Å². The third-order valence-electron chi connectivity index (χ3n) is 5.88. The highest BCUT2D eigenvalue weighted by Gasteiger charge is 2.22. The summed E-state index contributed by atoms with van der Waals surface area (Å²) in [6, 6.07) is 18.6. The van der Waals surface area contributed by atoms with E-state index in [0.29, 0.717) is 4.88 Å². The maximum Gasteiger partial charge on any atom is 0.305 e. The third kappa shape index (κ3) is 6.95. The highest BCUT2D eigenvalue weighted by atomic mass is 32.1. The van der Waals surface area contributed by atoms with Crippen molar-refractivity contribution in [1.29, 1.82) is 0 Å². The number of carbonyl (C=O) groups excluding carboxylic acids is 1. The van der Waals surface area contributed by atoms with Crippen LogP contribution < -0.4 is 10.1 Å². The SMILES string of the molecule is Cc1cc(OC(c2ccc(C(=O)NCCC(=O)O)s2)C(C)C)ccc1-c1ccc(C(C)(C)C)cc1. The molecular formula is C29H35NO4S. The summed E-state index contributed by atoms with van der Waals surface area (Å²) in [4.78, 5) is 24.5. The van der Waals surface area contributed by atoms with Crippen LogP contribution in [-0.4, -0.2) is 23.5 Å². The first-order valence-corrected chi connectivity index (χ1v) is 12.8. The van der Waals surface area contributed by atoms with Gasteiger partial charge in [0.15, 0.2) is 0 Å². The lowest BCUT2D eigenvalue weighted by molar-refractivity contribution is -0.136. The molecule has 0 spiro atoms. The predicted molar refractivity (Wildman–Crippen MR) is 142 cm³/mol. The fraction of sp³-hybridized carbons (Fsp3) is 0.379. The van der Waals surface area contributed by atoms with Gasteiger partial charge in [0.25, 0.3) is 5.91 Å². The Bertz CT molecular complexity index is 1170. The Hall–Kier alpha value is -3.12. The average molecular weight is 494 g/mol. The van der Waals surface area contributed by atoms with Gasteiger partial charge in [-0.1, -0.05) is 65.0 Å². The van der Waals surface area contributed by atoms with Crippen molar-refractivity contribution in [2.24, 2.45) is 5.92 Å². The van der Waals surface area contributed by atoms with Crippen LogP contribution in [0.25, 0.3) is 11.1 Å². The summed E-state index contributed by atoms with van der Waals surface area (Å²) < 4.78 is 6.40. The zero-order valence-corrected chi connectivity index (χ0v) is 22.2. The molecule has 0 saturated heterocycles. The van der Waals surface area contributed by atoms with Gasteiger partial charge in [-0.05, 0) is 64.8 Å². The van der Waals surface area contributed by atoms with E-state index in [1.165, 1.54) is 28.0 Å². The number of carboxylic acids is 1. The van der Waals surface area contributed by atoms with Gasteiger partial charge in [-0.25, -0.2) is 0 Å². The summed E-state index contributed by atoms with van der Waals surface area (Å²) in [6.07, 6.45) is -0.297. The number of carbonyl (C=O) groups is 2. The first kappa shape index (κ1) is 26.5. The number of carboxylic acid groups (broad SMARTS) is 1. The number of nitrogens with one attached hydrogen (secondary N) is 1. The summed E-state index contributed by atoms with van der Waals surface area (Å²) in [5.41, 5.74) is 4.93. The van der Waals surface area contributed by atoms with Crippen molar-refractivity contribution >= 4 is 23.2 Å². The van der Waals surface area contributed by atoms with E-state index in [2.05, 4.69) is 83.3 Å². The number of ether oxygens (including phenoxy) is 1. The molecule has 0 fully saturated rings. The highest BCUT2D eigenvalue weighted by molar-refractivity contribution is 7.14. The topological polar surface area (TPSA) is 75.6 Å². The quantitative estimate of drug-likeness (QED) is 0.336. The van der Waals surface area contributed by atoms with Gasteiger partial charge in [-0.2, -0.15) is 0 Å². The molecule has 35 heavy (non-hydrogen) atoms. The van der Waals surface area contributed by atoms with E-state index < -0.39 is 5.97 Å². The minimum atomic E-state index is -0.936. The molecule has 1 atom stereocenters. The molecule has 0 aliphatic carbocycles. The first-order chi connectivity index (χ1) is 16.5. The monoisotopic (exact) mass is 493 g/mol. The van der Waals surface area contributed by atoms with E-state index in [1.807, 2.05) is 12.1 Å². The van der Waals surface area contributed by atoms with Crippen LogP contribution in [0.1, 0.15) is 72.8 Å². The number of rotatable bonds is 9. The van der Waals surface area contributed by atoms with Crippen molar-refractivity contribution in [1.82, 2.24) is 5.32 Å². The minimum absolute atomic E-state index is 0.0994. The number of aliphatic carboxylic acids is 1. The molecule has 0 bridgehead atoms. The smallest absolute Gasteiger partial charge is 0.305 e. The van der Waals surface area contributed by atoms with E-state index in [0.717, 1.165) is 16.2 Å². The highest BCUT2D eigenvalue weighted by Crippen LogP contribution is 2.35. The molecule has 1 aromatic heterocycles. The Morgan fingerprint density at radius 3 is 2.29 bits per heavy atom. The average Bonchev–Trinajstić information content (AvgIpc) is 3.26. The summed E-state index contributed by atoms with van der Waals surface area (Å²) in [6.45, 7) is 13.0. The summed E-state index contributed by atoms with van der Waals surface area (Å²) in [7, 11) is 0. The molecule has 0 radical (unpaired) electrons. The number of benzene rings is 2. The van der Waals surface area contributed by atoms with Crippen molar-refractivity contribution in [3.8, 4) is 16.9 Å². The maximum atomic E-state index is 12.3. The zero-order chi connectivity index (χ0) is 25.8. The van der Waals surface area contributed by atoms with E-state index in [9.17, 15) is 9.59 Å². The Balaban J connectivity index is 1.74. The van der Waals surface area contributed by atoms with Gasteiger partial charge in [0, 0.05) is 11.4 Å². The molecule has 5 nitrogen and oxygen atoms in total. The Kier molecular flexibility index (Phi) is 8.39. The molecule has 1 unspecified atom stereocenters. The first-order valence-electron chi connectivity index (χ1n) is 11.9. The van der Waals surface area contributed by atoms with Crippen molar-refractivity contribution in [2.45, 2.75) is 59.5 Å². The fourth-order valence-corrected chi connectivity index (χ4v) is 4.98. The molecule has 0 aliphatic rings. The van der Waals surface area contributed by atoms with Crippen LogP contribution in [-0.2, 0) is 10.2 Å². The zero-order valence-electron chi connectivity index (χ0n) is 21.3. The van der Waals surface area contributed by atoms with Crippen molar-refractivity contribution in [3.63, 3.8) is 0 Å². The fourth-order valence-electron chi connectivity index (χ4n) is 3.85. The predicted octanol–water partition coefficient (Wildman–Crippen LogP) is 7.00. The molecule has 0 aliphatic heterocycles. The van der Waals surface area contributed by atoms with Crippen LogP contribution >= 0.6 is 11.3 Å². The van der Waals surface area contributed by atoms with E-state index in [1.54, 1.807) is 6.07 Å². The molecule has 6 heteroatoms. The minimum Gasteiger partial charge on any atom is -0.485 e. The summed E-state index contributed by atoms with van der Waals surface area (Å²) >= 11 is 1.38. The Morgan fingerprint density at radius 1 is 1.03 bits per heavy atom. The number of aryl methyl sites for hydroxylation is 1. The number of thiophene rings is 1. The molecule has 0 saturated carbocycles. The van der Waals surface area contributed by atoms with Crippen LogP contribution in [0.2, 0.25) is 0 Å². The molecule has 1 heterocycles. The van der Waals surface area contributed by atoms with E-state index >= 15 is 0 Å². The lowest BCUT2D eigenvalue weighted by Crippen LogP contribution is -2.25. The number of hydrogen-bond donors (Lipinski definition) is 2. The summed E-state index contributed by atoms with van der Waals surface area (Å²) in [5.74, 6) is -0.213. The van der Waals surface area contributed by atoms with Crippen molar-refractivity contribution in [3.05, 3.63) is 75.5 Å². The van der Waals surface area contributed by atoms with Crippen molar-refractivity contribution in [2.75, 3.05) is 6.54 Å². The normalized spacial score (nSPS) is 12.4. The molecule has 3 aromatic rings. The van der Waals surface area contributed by atoms with Crippen LogP contribution in [0.5, 0.6) is 5.75 Å². The Labute approximate surface area is 212 Å². The van der Waals surface area contributed by atoms with Crippen LogP contribution in [0.15, 0.2) is 54.6 Å². The number of hydrogen-bond acceptors (Lipinski definition) is 4. The van der Waals surface area contributed by atoms with Gasteiger partial charge in [0.2, 0.25) is 0 Å². The second-order valence-corrected chi connectivity index (χ2v) is 11.3. The largest absolute Gasteiger partial charge is 0.485 e. The van der Waals surface area contributed by atoms with Gasteiger partial charge >= 0.3 is 5.97 Å². The van der Waals surface area contributed by atoms with Gasteiger partial charge in [-0.3, -0.25) is 9.59 Å². The van der Waals surface area contributed by atoms with E-state index in [-0.39, 0.29) is 36.3 Å². The lowest BCUT2D eigenvalue weighted by atomic mass is 9.86. The van der Waals surface area contributed by atoms with Gasteiger partial charge in [0.1, 0.15) is 11.9 Å². The lowest BCUT2D eigenvalue weighted by Gasteiger charge is -2.22. The molecule has 186 valence electrons. The van der Waals surface area contributed by atoms with Gasteiger partial charge < -0.3 is 15.2 Å². The second-order valence-electron chi connectivity index (χ2n) is 10.2. The van der Waals surface area contributed by atoms with E-state index in [4.69, 9.17) is 9.84 Å². The van der Waals surface area contributed by atoms with Gasteiger partial charge in [0.05, 0.1) is 11.3 Å². The molecule has 2 aromatic carbocycles. The molecule has 3 rings (SSSR count). The third-order valence-corrected chi connectivity index (χ3v) is 7.03. The van der Waals surface area contributed by atoms with Crippen LogP contribution in [0.3, 0.4) is 0 Å². The molecular weight excluding hydrogens is 458 g/mol. The van der Waals surface area contributed by atoms with Crippen molar-refractivity contribution < 1.29 is 19.4 Å². The summed E-state index contributed by atoms with van der Waals surface area (Å²) in [5, 5.41) is 11.4. The Morgan fingerprint density at radius 2 is 1.71 bits per heavy atom. The van der Waals surface area contributed by atoms with Crippen LogP contribution in [0.4, 0.5) is 0 Å². The molecule has 2 N–H and O–H groups in total. The van der Waals surface area contributed by atoms with Gasteiger partial charge in [-0.15, -0.1) is 11.3 Å².